The molecule has 3 nitrogen and oxygen atoms in total. The molecule has 1 N–H and O–H groups in total. The van der Waals surface area contributed by atoms with Crippen LogP contribution in [0.4, 0.5) is 0 Å². The summed E-state index contributed by atoms with van der Waals surface area (Å²) in [6.07, 6.45) is 1.62. The molecule has 0 amide bonds. The highest BCUT2D eigenvalue weighted by Crippen LogP contribution is 1.86. The summed E-state index contributed by atoms with van der Waals surface area (Å²) < 4.78 is 5.63. The van der Waals surface area contributed by atoms with Gasteiger partial charge in [-0.15, -0.1) is 0 Å². The molecule has 0 aromatic heterocycles. The van der Waals surface area contributed by atoms with Gasteiger partial charge in [0, 0.05) is 11.0 Å². The first-order valence-corrected chi connectivity index (χ1v) is 5.17. The minimum absolute atomic E-state index is 0.146. The smallest absolute Gasteiger partial charge is 0.306 e. The van der Waals surface area contributed by atoms with Crippen molar-refractivity contribution in [1.82, 2.24) is 5.32 Å². The predicted octanol–water partition coefficient (Wildman–Crippen LogP) is 0.964. The first-order valence-electron chi connectivity index (χ1n) is 3.64. The summed E-state index contributed by atoms with van der Waals surface area (Å²) in [5.41, 5.74) is 0. The van der Waals surface area contributed by atoms with E-state index >= 15 is 0 Å². The zero-order valence-corrected chi connectivity index (χ0v) is 8.89. The fourth-order valence-corrected chi connectivity index (χ4v) is 0.991. The van der Waals surface area contributed by atoms with Crippen molar-refractivity contribution in [3.8, 4) is 0 Å². The number of alkyl halides is 1. The molecule has 0 bridgehead atoms. The van der Waals surface area contributed by atoms with Crippen molar-refractivity contribution in [2.24, 2.45) is 0 Å². The van der Waals surface area contributed by atoms with E-state index in [1.165, 1.54) is 7.11 Å². The SMILES string of the molecule is COC(=O)CCNCCCI. The molecule has 0 aliphatic carbocycles. The van der Waals surface area contributed by atoms with Crippen LogP contribution in [-0.2, 0) is 9.53 Å². The molecule has 0 heterocycles. The Kier molecular flexibility index (Phi) is 8.38. The summed E-state index contributed by atoms with van der Waals surface area (Å²) >= 11 is 2.33. The van der Waals surface area contributed by atoms with Crippen molar-refractivity contribution < 1.29 is 9.53 Å². The molecule has 0 saturated carbocycles. The fraction of sp³-hybridized carbons (Fsp3) is 0.857. The molecule has 0 spiro atoms. The second-order valence-electron chi connectivity index (χ2n) is 2.12. The van der Waals surface area contributed by atoms with Crippen molar-refractivity contribution in [3.63, 3.8) is 0 Å². The Bertz CT molecular complexity index is 109. The summed E-state index contributed by atoms with van der Waals surface area (Å²) in [7, 11) is 1.41. The molecule has 11 heavy (non-hydrogen) atoms. The molecular formula is C7H14INO2. The van der Waals surface area contributed by atoms with Gasteiger partial charge in [-0.3, -0.25) is 4.79 Å². The lowest BCUT2D eigenvalue weighted by molar-refractivity contribution is -0.140. The quantitative estimate of drug-likeness (QED) is 0.338. The van der Waals surface area contributed by atoms with E-state index in [0.717, 1.165) is 23.9 Å². The number of hydrogen-bond donors (Lipinski definition) is 1. The molecule has 0 aliphatic rings. The van der Waals surface area contributed by atoms with Gasteiger partial charge in [0.05, 0.1) is 13.5 Å². The van der Waals surface area contributed by atoms with Gasteiger partial charge in [-0.1, -0.05) is 22.6 Å². The Hall–Kier alpha value is 0.160. The largest absolute Gasteiger partial charge is 0.469 e. The number of rotatable bonds is 6. The van der Waals surface area contributed by atoms with Crippen molar-refractivity contribution in [2.45, 2.75) is 12.8 Å². The lowest BCUT2D eigenvalue weighted by Crippen LogP contribution is -2.20. The molecule has 4 heteroatoms. The first kappa shape index (κ1) is 11.2. The molecule has 0 saturated heterocycles. The van der Waals surface area contributed by atoms with Crippen molar-refractivity contribution in [3.05, 3.63) is 0 Å². The maximum Gasteiger partial charge on any atom is 0.306 e. The van der Waals surface area contributed by atoms with Gasteiger partial charge >= 0.3 is 5.97 Å². The third kappa shape index (κ3) is 8.06. The van der Waals surface area contributed by atoms with E-state index in [-0.39, 0.29) is 5.97 Å². The van der Waals surface area contributed by atoms with Gasteiger partial charge in [0.15, 0.2) is 0 Å². The minimum Gasteiger partial charge on any atom is -0.469 e. The number of methoxy groups -OCH3 is 1. The van der Waals surface area contributed by atoms with Gasteiger partial charge in [-0.25, -0.2) is 0 Å². The van der Waals surface area contributed by atoms with Gasteiger partial charge in [-0.05, 0) is 13.0 Å². The van der Waals surface area contributed by atoms with E-state index < -0.39 is 0 Å². The Morgan fingerprint density at radius 2 is 2.27 bits per heavy atom. The van der Waals surface area contributed by atoms with Gasteiger partial charge < -0.3 is 10.1 Å². The number of carbonyl (C=O) groups is 1. The van der Waals surface area contributed by atoms with Crippen LogP contribution >= 0.6 is 22.6 Å². The Labute approximate surface area is 81.0 Å². The Balaban J connectivity index is 2.95. The lowest BCUT2D eigenvalue weighted by Gasteiger charge is -2.01. The highest BCUT2D eigenvalue weighted by atomic mass is 127. The highest BCUT2D eigenvalue weighted by Gasteiger charge is 1.97. The number of hydrogen-bond acceptors (Lipinski definition) is 3. The molecule has 0 aromatic rings. The number of ether oxygens (including phenoxy) is 1. The van der Waals surface area contributed by atoms with Crippen LogP contribution in [0.5, 0.6) is 0 Å². The van der Waals surface area contributed by atoms with Crippen molar-refractivity contribution >= 4 is 28.6 Å². The van der Waals surface area contributed by atoms with Crippen LogP contribution in [0, 0.1) is 0 Å². The normalized spacial score (nSPS) is 9.64. The van der Waals surface area contributed by atoms with Crippen LogP contribution in [0.2, 0.25) is 0 Å². The summed E-state index contributed by atoms with van der Waals surface area (Å²) in [5, 5.41) is 3.15. The summed E-state index contributed by atoms with van der Waals surface area (Å²) in [5.74, 6) is -0.146. The summed E-state index contributed by atoms with van der Waals surface area (Å²) in [4.78, 5) is 10.6. The number of halogens is 1. The molecule has 0 rings (SSSR count). The Morgan fingerprint density at radius 1 is 1.55 bits per heavy atom. The molecule has 0 aromatic carbocycles. The molecule has 0 aliphatic heterocycles. The van der Waals surface area contributed by atoms with Crippen LogP contribution in [0.1, 0.15) is 12.8 Å². The van der Waals surface area contributed by atoms with E-state index in [0.29, 0.717) is 6.42 Å². The van der Waals surface area contributed by atoms with Gasteiger partial charge in [0.2, 0.25) is 0 Å². The predicted molar refractivity (Wildman–Crippen MR) is 53.0 cm³/mol. The minimum atomic E-state index is -0.146. The maximum absolute atomic E-state index is 10.6. The molecule has 0 radical (unpaired) electrons. The second kappa shape index (κ2) is 8.26. The van der Waals surface area contributed by atoms with Gasteiger partial charge in [0.1, 0.15) is 0 Å². The van der Waals surface area contributed by atoms with Gasteiger partial charge in [0.25, 0.3) is 0 Å². The van der Waals surface area contributed by atoms with Crippen LogP contribution in [0.15, 0.2) is 0 Å². The van der Waals surface area contributed by atoms with E-state index in [1.54, 1.807) is 0 Å². The van der Waals surface area contributed by atoms with E-state index in [2.05, 4.69) is 32.6 Å². The van der Waals surface area contributed by atoms with Crippen LogP contribution in [0.25, 0.3) is 0 Å². The molecule has 0 unspecified atom stereocenters. The topological polar surface area (TPSA) is 38.3 Å². The zero-order valence-electron chi connectivity index (χ0n) is 6.73. The first-order chi connectivity index (χ1) is 5.31. The molecule has 0 fully saturated rings. The number of nitrogens with one attached hydrogen (secondary N) is 1. The van der Waals surface area contributed by atoms with Crippen LogP contribution in [0.3, 0.4) is 0 Å². The second-order valence-corrected chi connectivity index (χ2v) is 3.20. The highest BCUT2D eigenvalue weighted by molar-refractivity contribution is 14.1. The zero-order chi connectivity index (χ0) is 8.53. The molecule has 66 valence electrons. The molecule has 0 atom stereocenters. The van der Waals surface area contributed by atoms with E-state index in [9.17, 15) is 4.79 Å². The van der Waals surface area contributed by atoms with Crippen LogP contribution < -0.4 is 5.32 Å². The third-order valence-corrected chi connectivity index (χ3v) is 1.98. The number of carbonyl (C=O) groups excluding carboxylic acids is 1. The fourth-order valence-electron chi connectivity index (χ4n) is 0.609. The molecular weight excluding hydrogens is 257 g/mol. The third-order valence-electron chi connectivity index (χ3n) is 1.22. The summed E-state index contributed by atoms with van der Waals surface area (Å²) in [6, 6.07) is 0. The maximum atomic E-state index is 10.6. The van der Waals surface area contributed by atoms with Crippen molar-refractivity contribution in [2.75, 3.05) is 24.6 Å². The average Bonchev–Trinajstić information content (AvgIpc) is 2.04. The lowest BCUT2D eigenvalue weighted by atomic mass is 10.4. The average molecular weight is 271 g/mol. The van der Waals surface area contributed by atoms with E-state index in [1.807, 2.05) is 0 Å². The monoisotopic (exact) mass is 271 g/mol. The van der Waals surface area contributed by atoms with Crippen LogP contribution in [-0.4, -0.2) is 30.6 Å². The van der Waals surface area contributed by atoms with Crippen molar-refractivity contribution in [1.29, 1.82) is 0 Å². The standard InChI is InChI=1S/C7H14INO2/c1-11-7(10)3-6-9-5-2-4-8/h9H,2-6H2,1H3. The summed E-state index contributed by atoms with van der Waals surface area (Å²) in [6.45, 7) is 1.71. The van der Waals surface area contributed by atoms with Gasteiger partial charge in [-0.2, -0.15) is 0 Å². The number of esters is 1. The van der Waals surface area contributed by atoms with E-state index in [4.69, 9.17) is 0 Å². The Morgan fingerprint density at radius 3 is 2.82 bits per heavy atom.